The molecule has 1 amide bonds. The second-order valence-electron chi connectivity index (χ2n) is 4.28. The molecule has 23 heavy (non-hydrogen) atoms. The van der Waals surface area contributed by atoms with Gasteiger partial charge in [0.25, 0.3) is 10.0 Å². The van der Waals surface area contributed by atoms with Gasteiger partial charge in [0.05, 0.1) is 16.8 Å². The molecule has 0 N–H and O–H groups in total. The first-order valence-corrected chi connectivity index (χ1v) is 10.7. The molecule has 0 aliphatic rings. The largest absolute Gasteiger partial charge is 1.00 e. The molecule has 0 radical (unpaired) electrons. The molecule has 0 aliphatic carbocycles. The maximum atomic E-state index is 12.5. The second-order valence-corrected chi connectivity index (χ2v) is 9.97. The van der Waals surface area contributed by atoms with E-state index in [-0.39, 0.29) is 61.6 Å². The van der Waals surface area contributed by atoms with Gasteiger partial charge in [-0.15, -0.1) is 0 Å². The SMILES string of the molecule is Cc1ccc(S(=O)(=O)N(CC(Br)S(=O)(=O)[O-])C(=O)CBr)cc1.[K+]. The number of rotatable bonds is 6. The van der Waals surface area contributed by atoms with Crippen LogP contribution in [-0.4, -0.2) is 47.6 Å². The first kappa shape index (κ1) is 24.1. The van der Waals surface area contributed by atoms with Crippen LogP contribution in [0.25, 0.3) is 0 Å². The Morgan fingerprint density at radius 2 is 1.70 bits per heavy atom. The van der Waals surface area contributed by atoms with E-state index >= 15 is 0 Å². The summed E-state index contributed by atoms with van der Waals surface area (Å²) in [5.41, 5.74) is 0.817. The van der Waals surface area contributed by atoms with Gasteiger partial charge in [0.2, 0.25) is 5.91 Å². The summed E-state index contributed by atoms with van der Waals surface area (Å²) in [5, 5.41) is -0.337. The molecule has 7 nitrogen and oxygen atoms in total. The van der Waals surface area contributed by atoms with Crippen LogP contribution < -0.4 is 51.4 Å². The average Bonchev–Trinajstić information content (AvgIpc) is 2.42. The Morgan fingerprint density at radius 3 is 2.09 bits per heavy atom. The van der Waals surface area contributed by atoms with Crippen molar-refractivity contribution >= 4 is 57.9 Å². The Bertz CT molecular complexity index is 751. The van der Waals surface area contributed by atoms with Crippen LogP contribution in [0.15, 0.2) is 29.2 Å². The van der Waals surface area contributed by atoms with Crippen molar-refractivity contribution < 1.29 is 77.6 Å². The number of hydrogen-bond acceptors (Lipinski definition) is 6. The summed E-state index contributed by atoms with van der Waals surface area (Å²) in [7, 11) is -9.06. The third-order valence-electron chi connectivity index (χ3n) is 2.62. The molecule has 0 saturated carbocycles. The van der Waals surface area contributed by atoms with Gasteiger partial charge in [-0.25, -0.2) is 21.1 Å². The van der Waals surface area contributed by atoms with Crippen LogP contribution >= 0.6 is 31.9 Å². The van der Waals surface area contributed by atoms with E-state index < -0.39 is 36.8 Å². The number of sulfonamides is 1. The maximum absolute atomic E-state index is 12.5. The fraction of sp³-hybridized carbons (Fsp3) is 0.364. The first-order chi connectivity index (χ1) is 10.00. The molecule has 1 unspecified atom stereocenters. The van der Waals surface area contributed by atoms with E-state index in [2.05, 4.69) is 31.9 Å². The number of halogens is 2. The fourth-order valence-corrected chi connectivity index (χ4v) is 4.25. The quantitative estimate of drug-likeness (QED) is 0.250. The Labute approximate surface area is 194 Å². The smallest absolute Gasteiger partial charge is 0.747 e. The third kappa shape index (κ3) is 6.75. The van der Waals surface area contributed by atoms with Gasteiger partial charge in [0.1, 0.15) is 14.3 Å². The number of nitrogens with zero attached hydrogens (tertiary/aromatic N) is 1. The summed E-state index contributed by atoms with van der Waals surface area (Å²) in [4.78, 5) is 11.7. The van der Waals surface area contributed by atoms with Crippen molar-refractivity contribution in [2.24, 2.45) is 0 Å². The van der Waals surface area contributed by atoms with E-state index in [0.29, 0.717) is 4.31 Å². The van der Waals surface area contributed by atoms with Crippen LogP contribution in [0.2, 0.25) is 0 Å². The zero-order chi connectivity index (χ0) is 17.1. The van der Waals surface area contributed by atoms with Crippen molar-refractivity contribution in [2.45, 2.75) is 16.0 Å². The molecule has 1 aromatic carbocycles. The van der Waals surface area contributed by atoms with Crippen molar-refractivity contribution in [3.63, 3.8) is 0 Å². The predicted molar refractivity (Wildman–Crippen MR) is 86.3 cm³/mol. The monoisotopic (exact) mass is 515 g/mol. The summed E-state index contributed by atoms with van der Waals surface area (Å²) >= 11 is 5.43. The van der Waals surface area contributed by atoms with Gasteiger partial charge >= 0.3 is 51.4 Å². The molecule has 12 heteroatoms. The third-order valence-corrected chi connectivity index (χ3v) is 7.34. The minimum absolute atomic E-state index is 0. The fourth-order valence-electron chi connectivity index (χ4n) is 1.46. The Kier molecular flexibility index (Phi) is 10.2. The van der Waals surface area contributed by atoms with Crippen molar-refractivity contribution in [3.8, 4) is 0 Å². The molecule has 0 saturated heterocycles. The van der Waals surface area contributed by atoms with Gasteiger partial charge < -0.3 is 4.55 Å². The van der Waals surface area contributed by atoms with Gasteiger partial charge in [0, 0.05) is 0 Å². The van der Waals surface area contributed by atoms with E-state index in [4.69, 9.17) is 0 Å². The molecule has 124 valence electrons. The zero-order valence-electron chi connectivity index (χ0n) is 12.3. The Balaban J connectivity index is 0.00000484. The summed E-state index contributed by atoms with van der Waals surface area (Å²) in [5.74, 6) is -0.881. The number of amides is 1. The van der Waals surface area contributed by atoms with Crippen LogP contribution in [0.5, 0.6) is 0 Å². The maximum Gasteiger partial charge on any atom is 1.00 e. The summed E-state index contributed by atoms with van der Waals surface area (Å²) in [6.07, 6.45) is 0. The van der Waals surface area contributed by atoms with Crippen LogP contribution in [0.1, 0.15) is 5.56 Å². The van der Waals surface area contributed by atoms with Crippen LogP contribution in [0, 0.1) is 6.92 Å². The molecule has 0 bridgehead atoms. The van der Waals surface area contributed by atoms with E-state index in [9.17, 15) is 26.2 Å². The molecule has 0 spiro atoms. The number of hydrogen-bond donors (Lipinski definition) is 0. The summed E-state index contributed by atoms with van der Waals surface area (Å²) in [6.45, 7) is 0.947. The Morgan fingerprint density at radius 1 is 1.22 bits per heavy atom. The van der Waals surface area contributed by atoms with E-state index in [0.717, 1.165) is 5.56 Å². The van der Waals surface area contributed by atoms with Gasteiger partial charge in [-0.3, -0.25) is 4.79 Å². The van der Waals surface area contributed by atoms with Crippen molar-refractivity contribution in [2.75, 3.05) is 11.9 Å². The van der Waals surface area contributed by atoms with E-state index in [1.54, 1.807) is 19.1 Å². The minimum atomic E-state index is -4.80. The molecule has 0 aromatic heterocycles. The van der Waals surface area contributed by atoms with E-state index in [1.165, 1.54) is 12.1 Å². The Hall–Kier alpha value is 1.15. The number of carbonyl (C=O) groups excluding carboxylic acids is 1. The van der Waals surface area contributed by atoms with Crippen LogP contribution in [0.4, 0.5) is 0 Å². The molecule has 1 rings (SSSR count). The topological polar surface area (TPSA) is 112 Å². The number of aryl methyl sites for hydroxylation is 1. The molecular formula is C11H12Br2KNO6S2. The van der Waals surface area contributed by atoms with Crippen LogP contribution in [0.3, 0.4) is 0 Å². The van der Waals surface area contributed by atoms with Crippen LogP contribution in [-0.2, 0) is 24.9 Å². The van der Waals surface area contributed by atoms with Gasteiger partial charge in [-0.2, -0.15) is 0 Å². The first-order valence-electron chi connectivity index (χ1n) is 5.77. The summed E-state index contributed by atoms with van der Waals surface area (Å²) < 4.78 is 56.4. The van der Waals surface area contributed by atoms with Crippen molar-refractivity contribution in [1.29, 1.82) is 0 Å². The predicted octanol–water partition coefficient (Wildman–Crippen LogP) is -1.82. The molecule has 1 atom stereocenters. The zero-order valence-corrected chi connectivity index (χ0v) is 20.2. The van der Waals surface area contributed by atoms with E-state index in [1.807, 2.05) is 0 Å². The summed E-state index contributed by atoms with van der Waals surface area (Å²) in [6, 6.07) is 5.68. The normalized spacial score (nSPS) is 13.0. The minimum Gasteiger partial charge on any atom is -0.747 e. The number of alkyl halides is 2. The number of benzene rings is 1. The molecule has 0 heterocycles. The molecular weight excluding hydrogens is 505 g/mol. The standard InChI is InChI=1S/C11H13Br2NO6S2.K/c1-8-2-4-9(5-3-8)21(16,17)14(11(15)6-12)7-10(13)22(18,19)20;/h2-5,10H,6-7H2,1H3,(H,18,19,20);/q;+1/p-1. The average molecular weight is 517 g/mol. The van der Waals surface area contributed by atoms with Crippen molar-refractivity contribution in [1.82, 2.24) is 4.31 Å². The molecule has 1 aromatic rings. The number of carbonyl (C=O) groups is 1. The van der Waals surface area contributed by atoms with Crippen molar-refractivity contribution in [3.05, 3.63) is 29.8 Å². The van der Waals surface area contributed by atoms with Gasteiger partial charge in [-0.1, -0.05) is 49.6 Å². The second kappa shape index (κ2) is 9.74. The molecule has 0 aliphatic heterocycles. The van der Waals surface area contributed by atoms with Gasteiger partial charge in [0.15, 0.2) is 0 Å². The van der Waals surface area contributed by atoms with Gasteiger partial charge in [-0.05, 0) is 19.1 Å². The molecule has 0 fully saturated rings.